The number of hydrogen-bond acceptors (Lipinski definition) is 7. The Labute approximate surface area is 122 Å². The smallest absolute Gasteiger partial charge is 0.231 e. The molecule has 3 aromatic rings. The Hall–Kier alpha value is -2.12. The van der Waals surface area contributed by atoms with Crippen LogP contribution in [0.15, 0.2) is 35.2 Å². The highest BCUT2D eigenvalue weighted by molar-refractivity contribution is 7.15. The average Bonchev–Trinajstić information content (AvgIpc) is 3.19. The summed E-state index contributed by atoms with van der Waals surface area (Å²) in [6.45, 7) is 0.282. The van der Waals surface area contributed by atoms with Gasteiger partial charge in [-0.2, -0.15) is 0 Å². The zero-order chi connectivity index (χ0) is 13.4. The largest absolute Gasteiger partial charge is 0.454 e. The molecule has 7 heteroatoms. The molecule has 0 unspecified atom stereocenters. The van der Waals surface area contributed by atoms with Crippen LogP contribution < -0.4 is 14.8 Å². The number of ether oxygens (including phenoxy) is 2. The van der Waals surface area contributed by atoms with Crippen LogP contribution in [0, 0.1) is 0 Å². The molecule has 1 N–H and O–H groups in total. The van der Waals surface area contributed by atoms with E-state index in [4.69, 9.17) is 9.47 Å². The third-order valence-electron chi connectivity index (χ3n) is 2.78. The van der Waals surface area contributed by atoms with Gasteiger partial charge in [-0.15, -0.1) is 22.7 Å². The van der Waals surface area contributed by atoms with Crippen molar-refractivity contribution in [2.45, 2.75) is 0 Å². The Morgan fingerprint density at radius 1 is 1.15 bits per heavy atom. The first-order valence-corrected chi connectivity index (χ1v) is 7.66. The van der Waals surface area contributed by atoms with Crippen molar-refractivity contribution in [3.8, 4) is 22.2 Å². The summed E-state index contributed by atoms with van der Waals surface area (Å²) in [5, 5.41) is 8.96. The Bertz CT molecular complexity index is 740. The normalized spacial score (nSPS) is 12.6. The number of aromatic nitrogens is 2. The van der Waals surface area contributed by atoms with Crippen molar-refractivity contribution in [2.75, 3.05) is 12.1 Å². The third-order valence-corrected chi connectivity index (χ3v) is 4.33. The molecule has 0 amide bonds. The van der Waals surface area contributed by atoms with Gasteiger partial charge in [-0.3, -0.25) is 0 Å². The molecular formula is C13H9N3O2S2. The van der Waals surface area contributed by atoms with Crippen LogP contribution >= 0.6 is 22.7 Å². The van der Waals surface area contributed by atoms with E-state index >= 15 is 0 Å². The molecule has 3 heterocycles. The number of anilines is 2. The maximum absolute atomic E-state index is 5.35. The second-order valence-corrected chi connectivity index (χ2v) is 5.82. The summed E-state index contributed by atoms with van der Waals surface area (Å²) in [6, 6.07) is 5.74. The third kappa shape index (κ3) is 2.10. The van der Waals surface area contributed by atoms with Crippen LogP contribution in [0.3, 0.4) is 0 Å². The van der Waals surface area contributed by atoms with Crippen LogP contribution in [-0.2, 0) is 0 Å². The number of rotatable bonds is 3. The van der Waals surface area contributed by atoms with Gasteiger partial charge in [0.15, 0.2) is 16.6 Å². The van der Waals surface area contributed by atoms with Crippen LogP contribution in [0.1, 0.15) is 0 Å². The van der Waals surface area contributed by atoms with Crippen molar-refractivity contribution in [1.82, 2.24) is 9.97 Å². The van der Waals surface area contributed by atoms with Crippen molar-refractivity contribution < 1.29 is 9.47 Å². The van der Waals surface area contributed by atoms with E-state index in [0.29, 0.717) is 0 Å². The molecule has 0 aliphatic carbocycles. The first-order valence-electron chi connectivity index (χ1n) is 5.90. The zero-order valence-electron chi connectivity index (χ0n) is 10.2. The molecular weight excluding hydrogens is 294 g/mol. The molecule has 5 nitrogen and oxygen atoms in total. The number of hydrogen-bond donors (Lipinski definition) is 1. The zero-order valence-corrected chi connectivity index (χ0v) is 11.8. The quantitative estimate of drug-likeness (QED) is 0.799. The van der Waals surface area contributed by atoms with Crippen LogP contribution in [0.4, 0.5) is 10.8 Å². The highest BCUT2D eigenvalue weighted by atomic mass is 32.1. The molecule has 4 rings (SSSR count). The number of fused-ring (bicyclic) bond motifs is 1. The highest BCUT2D eigenvalue weighted by Crippen LogP contribution is 2.36. The Kier molecular flexibility index (Phi) is 2.79. The fraction of sp³-hybridized carbons (Fsp3) is 0.0769. The number of nitrogens with zero attached hydrogens (tertiary/aromatic N) is 2. The predicted octanol–water partition coefficient (Wildman–Crippen LogP) is 3.74. The van der Waals surface area contributed by atoms with Gasteiger partial charge < -0.3 is 14.8 Å². The van der Waals surface area contributed by atoms with Gasteiger partial charge in [-0.1, -0.05) is 0 Å². The van der Waals surface area contributed by atoms with E-state index < -0.39 is 0 Å². The summed E-state index contributed by atoms with van der Waals surface area (Å²) in [6.07, 6.45) is 1.78. The summed E-state index contributed by atoms with van der Waals surface area (Å²) < 4.78 is 10.6. The molecule has 0 radical (unpaired) electrons. The van der Waals surface area contributed by atoms with E-state index in [0.717, 1.165) is 33.0 Å². The second kappa shape index (κ2) is 4.77. The average molecular weight is 303 g/mol. The molecule has 0 atom stereocenters. The van der Waals surface area contributed by atoms with Crippen molar-refractivity contribution >= 4 is 33.5 Å². The second-order valence-electron chi connectivity index (χ2n) is 4.07. The van der Waals surface area contributed by atoms with Gasteiger partial charge in [-0.25, -0.2) is 9.97 Å². The van der Waals surface area contributed by atoms with E-state index in [1.54, 1.807) is 28.9 Å². The van der Waals surface area contributed by atoms with Crippen LogP contribution in [0.5, 0.6) is 11.5 Å². The minimum Gasteiger partial charge on any atom is -0.454 e. The molecule has 0 saturated carbocycles. The van der Waals surface area contributed by atoms with Crippen LogP contribution in [-0.4, -0.2) is 16.8 Å². The molecule has 0 saturated heterocycles. The van der Waals surface area contributed by atoms with Crippen molar-refractivity contribution in [3.63, 3.8) is 0 Å². The summed E-state index contributed by atoms with van der Waals surface area (Å²) in [7, 11) is 0. The summed E-state index contributed by atoms with van der Waals surface area (Å²) in [5.74, 6) is 1.53. The standard InChI is InChI=1S/C13H9N3O2S2/c1-2-10-11(18-7-17-10)5-8(1)15-13-16-9(6-20-13)12-14-3-4-19-12/h1-6H,7H2,(H,15,16). The molecule has 0 fully saturated rings. The van der Waals surface area contributed by atoms with Crippen molar-refractivity contribution in [3.05, 3.63) is 35.2 Å². The molecule has 0 spiro atoms. The highest BCUT2D eigenvalue weighted by Gasteiger charge is 2.14. The lowest BCUT2D eigenvalue weighted by Crippen LogP contribution is -1.93. The van der Waals surface area contributed by atoms with E-state index in [9.17, 15) is 0 Å². The van der Waals surface area contributed by atoms with Crippen LogP contribution in [0.25, 0.3) is 10.7 Å². The Morgan fingerprint density at radius 3 is 3.00 bits per heavy atom. The molecule has 1 aliphatic heterocycles. The molecule has 1 aromatic carbocycles. The van der Waals surface area contributed by atoms with Gasteiger partial charge in [0.2, 0.25) is 6.79 Å². The van der Waals surface area contributed by atoms with Crippen molar-refractivity contribution in [1.29, 1.82) is 0 Å². The summed E-state index contributed by atoms with van der Waals surface area (Å²) in [5.41, 5.74) is 1.82. The number of benzene rings is 1. The number of thiazole rings is 2. The first kappa shape index (κ1) is 11.7. The Balaban J connectivity index is 1.57. The van der Waals surface area contributed by atoms with E-state index in [2.05, 4.69) is 15.3 Å². The van der Waals surface area contributed by atoms with Gasteiger partial charge >= 0.3 is 0 Å². The minimum atomic E-state index is 0.282. The van der Waals surface area contributed by atoms with E-state index in [1.807, 2.05) is 29.0 Å². The SMILES string of the molecule is c1csc(-c2csc(Nc3ccc4c(c3)OCO4)n2)n1. The van der Waals surface area contributed by atoms with Crippen molar-refractivity contribution in [2.24, 2.45) is 0 Å². The molecule has 0 bridgehead atoms. The maximum Gasteiger partial charge on any atom is 0.231 e. The van der Waals surface area contributed by atoms with E-state index in [-0.39, 0.29) is 6.79 Å². The molecule has 100 valence electrons. The minimum absolute atomic E-state index is 0.282. The molecule has 20 heavy (non-hydrogen) atoms. The number of nitrogens with one attached hydrogen (secondary N) is 1. The van der Waals surface area contributed by atoms with E-state index in [1.165, 1.54) is 0 Å². The predicted molar refractivity (Wildman–Crippen MR) is 79.1 cm³/mol. The monoisotopic (exact) mass is 303 g/mol. The summed E-state index contributed by atoms with van der Waals surface area (Å²) in [4.78, 5) is 8.78. The van der Waals surface area contributed by atoms with Gasteiger partial charge in [0.1, 0.15) is 10.7 Å². The lowest BCUT2D eigenvalue weighted by molar-refractivity contribution is 0.174. The fourth-order valence-corrected chi connectivity index (χ4v) is 3.26. The lowest BCUT2D eigenvalue weighted by atomic mass is 10.3. The molecule has 1 aliphatic rings. The topological polar surface area (TPSA) is 56.3 Å². The maximum atomic E-state index is 5.35. The molecule has 2 aromatic heterocycles. The van der Waals surface area contributed by atoms with Gasteiger partial charge in [-0.05, 0) is 12.1 Å². The lowest BCUT2D eigenvalue weighted by Gasteiger charge is -2.03. The van der Waals surface area contributed by atoms with Gasteiger partial charge in [0, 0.05) is 28.7 Å². The van der Waals surface area contributed by atoms with Gasteiger partial charge in [0.05, 0.1) is 0 Å². The first-order chi connectivity index (χ1) is 9.88. The Morgan fingerprint density at radius 2 is 2.10 bits per heavy atom. The van der Waals surface area contributed by atoms with Gasteiger partial charge in [0.25, 0.3) is 0 Å². The summed E-state index contributed by atoms with van der Waals surface area (Å²) >= 11 is 3.13. The van der Waals surface area contributed by atoms with Crippen LogP contribution in [0.2, 0.25) is 0 Å². The fourth-order valence-electron chi connectivity index (χ4n) is 1.88.